The average molecular weight is 280 g/mol. The molecule has 0 saturated carbocycles. The number of nitrogens with zero attached hydrogens (tertiary/aromatic N) is 3. The Kier molecular flexibility index (Phi) is 4.13. The summed E-state index contributed by atoms with van der Waals surface area (Å²) in [4.78, 5) is 12.1. The number of nitrogens with two attached hydrogens (primary N) is 1. The molecule has 0 aliphatic rings. The summed E-state index contributed by atoms with van der Waals surface area (Å²) in [6, 6.07) is 6.52. The Balaban J connectivity index is 2.14. The molecule has 1 heterocycles. The van der Waals surface area contributed by atoms with E-state index in [-0.39, 0.29) is 12.5 Å². The fraction of sp³-hybridized carbons (Fsp3) is 0.250. The Morgan fingerprint density at radius 1 is 1.53 bits per heavy atom. The number of anilines is 1. The molecule has 1 atom stereocenters. The van der Waals surface area contributed by atoms with E-state index in [9.17, 15) is 4.79 Å². The topological polar surface area (TPSA) is 85.8 Å². The molecule has 1 unspecified atom stereocenters. The summed E-state index contributed by atoms with van der Waals surface area (Å²) in [6.07, 6.45) is 1.54. The number of hydrogen-bond donors (Lipinski definition) is 2. The second-order valence-electron chi connectivity index (χ2n) is 4.02. The lowest BCUT2D eigenvalue weighted by Gasteiger charge is -2.14. The predicted molar refractivity (Wildman–Crippen MR) is 72.7 cm³/mol. The van der Waals surface area contributed by atoms with Crippen molar-refractivity contribution < 1.29 is 4.79 Å². The number of amides is 1. The Morgan fingerprint density at radius 2 is 2.26 bits per heavy atom. The number of carbonyl (C=O) groups is 1. The van der Waals surface area contributed by atoms with Gasteiger partial charge in [0.1, 0.15) is 6.04 Å². The molecule has 7 heteroatoms. The minimum Gasteiger partial charge on any atom is -0.325 e. The molecular formula is C12H14ClN5O. The zero-order valence-electron chi connectivity index (χ0n) is 10.4. The first-order valence-corrected chi connectivity index (χ1v) is 6.15. The number of benzene rings is 1. The molecule has 0 saturated heterocycles. The smallest absolute Gasteiger partial charge is 0.249 e. The van der Waals surface area contributed by atoms with Gasteiger partial charge >= 0.3 is 0 Å². The molecular weight excluding hydrogens is 266 g/mol. The molecule has 6 nitrogen and oxygen atoms in total. The molecule has 1 amide bonds. The summed E-state index contributed by atoms with van der Waals surface area (Å²) >= 11 is 5.99. The van der Waals surface area contributed by atoms with Gasteiger partial charge in [-0.15, -0.1) is 5.10 Å². The van der Waals surface area contributed by atoms with Crippen LogP contribution >= 0.6 is 11.6 Å². The van der Waals surface area contributed by atoms with Crippen LogP contribution in [0.15, 0.2) is 30.5 Å². The quantitative estimate of drug-likeness (QED) is 0.890. The highest BCUT2D eigenvalue weighted by Gasteiger charge is 2.19. The summed E-state index contributed by atoms with van der Waals surface area (Å²) in [7, 11) is 0. The van der Waals surface area contributed by atoms with Crippen molar-refractivity contribution in [2.45, 2.75) is 19.5 Å². The van der Waals surface area contributed by atoms with Crippen LogP contribution in [0.25, 0.3) is 0 Å². The van der Waals surface area contributed by atoms with Gasteiger partial charge in [-0.05, 0) is 19.1 Å². The summed E-state index contributed by atoms with van der Waals surface area (Å²) in [5.41, 5.74) is 6.82. The van der Waals surface area contributed by atoms with Crippen LogP contribution in [0.2, 0.25) is 5.02 Å². The monoisotopic (exact) mass is 279 g/mol. The van der Waals surface area contributed by atoms with Crippen molar-refractivity contribution in [3.8, 4) is 0 Å². The van der Waals surface area contributed by atoms with Gasteiger partial charge in [0.25, 0.3) is 0 Å². The van der Waals surface area contributed by atoms with Crippen LogP contribution in [-0.2, 0) is 11.3 Å². The second-order valence-corrected chi connectivity index (χ2v) is 4.43. The van der Waals surface area contributed by atoms with Gasteiger partial charge in [0.05, 0.1) is 22.6 Å². The lowest BCUT2D eigenvalue weighted by Crippen LogP contribution is -2.26. The zero-order valence-corrected chi connectivity index (χ0v) is 11.1. The minimum absolute atomic E-state index is 0.228. The number of nitrogens with one attached hydrogen (secondary N) is 1. The van der Waals surface area contributed by atoms with Crippen LogP contribution < -0.4 is 11.1 Å². The normalized spacial score (nSPS) is 12.2. The lowest BCUT2D eigenvalue weighted by molar-refractivity contribution is -0.119. The van der Waals surface area contributed by atoms with E-state index >= 15 is 0 Å². The lowest BCUT2D eigenvalue weighted by atomic mass is 10.2. The van der Waals surface area contributed by atoms with Crippen LogP contribution in [0.1, 0.15) is 18.7 Å². The van der Waals surface area contributed by atoms with Crippen molar-refractivity contribution in [3.63, 3.8) is 0 Å². The maximum atomic E-state index is 12.1. The molecule has 3 N–H and O–H groups in total. The summed E-state index contributed by atoms with van der Waals surface area (Å²) in [6.45, 7) is 2.00. The standard InChI is InChI=1S/C12H14ClN5O/c1-8(18-9(6-14)7-15-17-18)12(19)16-11-5-3-2-4-10(11)13/h2-5,7-8H,6,14H2,1H3,(H,16,19). The van der Waals surface area contributed by atoms with Crippen molar-refractivity contribution in [2.75, 3.05) is 5.32 Å². The highest BCUT2D eigenvalue weighted by Crippen LogP contribution is 2.21. The molecule has 1 aromatic heterocycles. The molecule has 1 aromatic carbocycles. The van der Waals surface area contributed by atoms with E-state index in [2.05, 4.69) is 15.6 Å². The Hall–Kier alpha value is -1.92. The fourth-order valence-corrected chi connectivity index (χ4v) is 1.83. The molecule has 0 aliphatic heterocycles. The summed E-state index contributed by atoms with van der Waals surface area (Å²) < 4.78 is 1.49. The zero-order chi connectivity index (χ0) is 13.8. The van der Waals surface area contributed by atoms with E-state index in [1.54, 1.807) is 37.4 Å². The maximum absolute atomic E-state index is 12.1. The third kappa shape index (κ3) is 2.91. The number of aromatic nitrogens is 3. The predicted octanol–water partition coefficient (Wildman–Crippen LogP) is 1.59. The Labute approximate surface area is 115 Å². The third-order valence-electron chi connectivity index (χ3n) is 2.74. The average Bonchev–Trinajstić information content (AvgIpc) is 2.88. The number of carbonyl (C=O) groups excluding carboxylic acids is 1. The minimum atomic E-state index is -0.516. The Morgan fingerprint density at radius 3 is 2.95 bits per heavy atom. The molecule has 19 heavy (non-hydrogen) atoms. The van der Waals surface area contributed by atoms with E-state index < -0.39 is 6.04 Å². The number of halogens is 1. The maximum Gasteiger partial charge on any atom is 0.249 e. The number of hydrogen-bond acceptors (Lipinski definition) is 4. The molecule has 100 valence electrons. The molecule has 0 aliphatic carbocycles. The fourth-order valence-electron chi connectivity index (χ4n) is 1.65. The molecule has 2 rings (SSSR count). The van der Waals surface area contributed by atoms with Gasteiger partial charge in [0.2, 0.25) is 5.91 Å². The molecule has 0 spiro atoms. The van der Waals surface area contributed by atoms with Crippen molar-refractivity contribution in [1.29, 1.82) is 0 Å². The molecule has 0 radical (unpaired) electrons. The summed E-state index contributed by atoms with van der Waals surface area (Å²) in [5.74, 6) is -0.228. The largest absolute Gasteiger partial charge is 0.325 e. The molecule has 0 bridgehead atoms. The van der Waals surface area contributed by atoms with Gasteiger partial charge in [0, 0.05) is 6.54 Å². The van der Waals surface area contributed by atoms with Crippen molar-refractivity contribution >= 4 is 23.2 Å². The van der Waals surface area contributed by atoms with Gasteiger partial charge in [-0.25, -0.2) is 4.68 Å². The Bertz CT molecular complexity index is 583. The number of para-hydroxylation sites is 1. The van der Waals surface area contributed by atoms with Gasteiger partial charge in [-0.1, -0.05) is 28.9 Å². The first-order chi connectivity index (χ1) is 9.13. The first kappa shape index (κ1) is 13.5. The van der Waals surface area contributed by atoms with Crippen LogP contribution in [0, 0.1) is 0 Å². The van der Waals surface area contributed by atoms with Gasteiger partial charge in [-0.3, -0.25) is 4.79 Å². The second kappa shape index (κ2) is 5.81. The van der Waals surface area contributed by atoms with Gasteiger partial charge in [0.15, 0.2) is 0 Å². The van der Waals surface area contributed by atoms with Crippen LogP contribution in [-0.4, -0.2) is 20.9 Å². The van der Waals surface area contributed by atoms with E-state index in [0.29, 0.717) is 16.4 Å². The highest BCUT2D eigenvalue weighted by molar-refractivity contribution is 6.33. The van der Waals surface area contributed by atoms with Gasteiger partial charge in [-0.2, -0.15) is 0 Å². The van der Waals surface area contributed by atoms with Crippen molar-refractivity contribution in [2.24, 2.45) is 5.73 Å². The summed E-state index contributed by atoms with van der Waals surface area (Å²) in [5, 5.41) is 10.8. The first-order valence-electron chi connectivity index (χ1n) is 5.78. The van der Waals surface area contributed by atoms with Crippen molar-refractivity contribution in [1.82, 2.24) is 15.0 Å². The van der Waals surface area contributed by atoms with Gasteiger partial charge < -0.3 is 11.1 Å². The third-order valence-corrected chi connectivity index (χ3v) is 3.07. The SMILES string of the molecule is CC(C(=O)Nc1ccccc1Cl)n1nncc1CN. The van der Waals surface area contributed by atoms with E-state index in [1.807, 2.05) is 0 Å². The van der Waals surface area contributed by atoms with E-state index in [0.717, 1.165) is 0 Å². The van der Waals surface area contributed by atoms with Crippen LogP contribution in [0.5, 0.6) is 0 Å². The van der Waals surface area contributed by atoms with Crippen molar-refractivity contribution in [3.05, 3.63) is 41.2 Å². The van der Waals surface area contributed by atoms with Crippen LogP contribution in [0.4, 0.5) is 5.69 Å². The number of rotatable bonds is 4. The highest BCUT2D eigenvalue weighted by atomic mass is 35.5. The van der Waals surface area contributed by atoms with E-state index in [4.69, 9.17) is 17.3 Å². The molecule has 0 fully saturated rings. The molecule has 2 aromatic rings. The van der Waals surface area contributed by atoms with Crippen LogP contribution in [0.3, 0.4) is 0 Å². The van der Waals surface area contributed by atoms with E-state index in [1.165, 1.54) is 4.68 Å².